The van der Waals surface area contributed by atoms with E-state index in [1.165, 1.54) is 13.2 Å². The number of methoxy groups -OCH3 is 1. The molecular weight excluding hydrogens is 296 g/mol. The monoisotopic (exact) mass is 311 g/mol. The van der Waals surface area contributed by atoms with Crippen molar-refractivity contribution >= 4 is 17.4 Å². The fourth-order valence-electron chi connectivity index (χ4n) is 1.77. The fraction of sp³-hybridized carbons (Fsp3) is 0.200. The van der Waals surface area contributed by atoms with Gasteiger partial charge in [0.15, 0.2) is 11.5 Å². The second kappa shape index (κ2) is 7.17. The Bertz CT molecular complexity index is 608. The van der Waals surface area contributed by atoms with E-state index in [-0.39, 0.29) is 11.5 Å². The summed E-state index contributed by atoms with van der Waals surface area (Å²) in [4.78, 5) is 0.976. The number of nitrogen functional groups attached to an aromatic ring is 1. The van der Waals surface area contributed by atoms with Crippen LogP contribution in [0, 0.1) is 0 Å². The SMILES string of the molecule is COc1cc(CSc2ccccc2N)ccc1OC(F)F. The third-order valence-corrected chi connectivity index (χ3v) is 3.92. The third-order valence-electron chi connectivity index (χ3n) is 2.76. The Morgan fingerprint density at radius 3 is 2.57 bits per heavy atom. The zero-order valence-electron chi connectivity index (χ0n) is 11.4. The summed E-state index contributed by atoms with van der Waals surface area (Å²) in [5.74, 6) is 0.967. The smallest absolute Gasteiger partial charge is 0.387 e. The highest BCUT2D eigenvalue weighted by atomic mass is 32.2. The first kappa shape index (κ1) is 15.4. The second-order valence-electron chi connectivity index (χ2n) is 4.19. The molecule has 2 rings (SSSR count). The lowest BCUT2D eigenvalue weighted by Crippen LogP contribution is -2.03. The molecule has 21 heavy (non-hydrogen) atoms. The van der Waals surface area contributed by atoms with Gasteiger partial charge in [-0.2, -0.15) is 8.78 Å². The zero-order chi connectivity index (χ0) is 15.2. The molecule has 0 atom stereocenters. The van der Waals surface area contributed by atoms with E-state index in [9.17, 15) is 8.78 Å². The van der Waals surface area contributed by atoms with Gasteiger partial charge in [-0.1, -0.05) is 18.2 Å². The molecule has 0 saturated heterocycles. The summed E-state index contributed by atoms with van der Waals surface area (Å²) in [6.07, 6.45) is 0. The summed E-state index contributed by atoms with van der Waals surface area (Å²) in [7, 11) is 1.42. The van der Waals surface area contributed by atoms with Gasteiger partial charge < -0.3 is 15.2 Å². The summed E-state index contributed by atoms with van der Waals surface area (Å²) in [5, 5.41) is 0. The van der Waals surface area contributed by atoms with Crippen LogP contribution in [-0.2, 0) is 5.75 Å². The van der Waals surface area contributed by atoms with E-state index in [4.69, 9.17) is 10.5 Å². The molecule has 0 aliphatic carbocycles. The van der Waals surface area contributed by atoms with E-state index in [1.807, 2.05) is 24.3 Å². The summed E-state index contributed by atoms with van der Waals surface area (Å²) < 4.78 is 34.0. The van der Waals surface area contributed by atoms with Crippen LogP contribution >= 0.6 is 11.8 Å². The number of anilines is 1. The molecule has 0 aromatic heterocycles. The lowest BCUT2D eigenvalue weighted by molar-refractivity contribution is -0.0512. The van der Waals surface area contributed by atoms with Crippen molar-refractivity contribution in [1.29, 1.82) is 0 Å². The first-order chi connectivity index (χ1) is 10.1. The van der Waals surface area contributed by atoms with Crippen molar-refractivity contribution in [3.05, 3.63) is 48.0 Å². The van der Waals surface area contributed by atoms with Crippen LogP contribution in [0.25, 0.3) is 0 Å². The number of ether oxygens (including phenoxy) is 2. The quantitative estimate of drug-likeness (QED) is 0.642. The van der Waals surface area contributed by atoms with Crippen molar-refractivity contribution in [2.75, 3.05) is 12.8 Å². The van der Waals surface area contributed by atoms with Crippen LogP contribution in [0.4, 0.5) is 14.5 Å². The van der Waals surface area contributed by atoms with E-state index in [0.29, 0.717) is 11.4 Å². The van der Waals surface area contributed by atoms with Gasteiger partial charge in [0.2, 0.25) is 0 Å². The zero-order valence-corrected chi connectivity index (χ0v) is 12.2. The summed E-state index contributed by atoms with van der Waals surface area (Å²) in [5.41, 5.74) is 7.52. The van der Waals surface area contributed by atoms with E-state index < -0.39 is 6.61 Å². The number of hydrogen-bond donors (Lipinski definition) is 1. The lowest BCUT2D eigenvalue weighted by Gasteiger charge is -2.11. The highest BCUT2D eigenvalue weighted by molar-refractivity contribution is 7.98. The van der Waals surface area contributed by atoms with E-state index >= 15 is 0 Å². The molecule has 2 aromatic carbocycles. The van der Waals surface area contributed by atoms with Crippen molar-refractivity contribution in [3.63, 3.8) is 0 Å². The molecule has 0 heterocycles. The Labute approximate surface area is 126 Å². The number of thioether (sulfide) groups is 1. The van der Waals surface area contributed by atoms with Crippen LogP contribution in [0.2, 0.25) is 0 Å². The highest BCUT2D eigenvalue weighted by Gasteiger charge is 2.11. The Balaban J connectivity index is 2.09. The van der Waals surface area contributed by atoms with Gasteiger partial charge in [-0.25, -0.2) is 0 Å². The molecule has 0 aliphatic heterocycles. The van der Waals surface area contributed by atoms with Crippen LogP contribution < -0.4 is 15.2 Å². The number of benzene rings is 2. The first-order valence-electron chi connectivity index (χ1n) is 6.19. The summed E-state index contributed by atoms with van der Waals surface area (Å²) >= 11 is 1.57. The average Bonchev–Trinajstić information content (AvgIpc) is 2.47. The number of para-hydroxylation sites is 1. The fourth-order valence-corrected chi connectivity index (χ4v) is 2.68. The number of hydrogen-bond acceptors (Lipinski definition) is 4. The summed E-state index contributed by atoms with van der Waals surface area (Å²) in [6.45, 7) is -2.87. The van der Waals surface area contributed by atoms with Gasteiger partial charge in [0.1, 0.15) is 0 Å². The molecule has 2 aromatic rings. The number of rotatable bonds is 6. The average molecular weight is 311 g/mol. The van der Waals surface area contributed by atoms with Crippen LogP contribution in [0.15, 0.2) is 47.4 Å². The molecule has 0 fully saturated rings. The van der Waals surface area contributed by atoms with Crippen LogP contribution in [0.3, 0.4) is 0 Å². The first-order valence-corrected chi connectivity index (χ1v) is 7.17. The number of alkyl halides is 2. The Hall–Kier alpha value is -1.95. The number of nitrogens with two attached hydrogens (primary N) is 1. The molecule has 0 radical (unpaired) electrons. The highest BCUT2D eigenvalue weighted by Crippen LogP contribution is 2.33. The molecule has 0 bridgehead atoms. The lowest BCUT2D eigenvalue weighted by atomic mass is 10.2. The largest absolute Gasteiger partial charge is 0.493 e. The van der Waals surface area contributed by atoms with Gasteiger partial charge in [0.25, 0.3) is 0 Å². The van der Waals surface area contributed by atoms with Crippen LogP contribution in [-0.4, -0.2) is 13.7 Å². The predicted octanol–water partition coefficient (Wildman–Crippen LogP) is 4.17. The Morgan fingerprint density at radius 1 is 1.14 bits per heavy atom. The van der Waals surface area contributed by atoms with E-state index in [1.54, 1.807) is 23.9 Å². The molecule has 0 saturated carbocycles. The Kier molecular flexibility index (Phi) is 5.27. The predicted molar refractivity (Wildman–Crippen MR) is 80.0 cm³/mol. The second-order valence-corrected chi connectivity index (χ2v) is 5.21. The molecule has 6 heteroatoms. The Morgan fingerprint density at radius 2 is 1.90 bits per heavy atom. The van der Waals surface area contributed by atoms with Gasteiger partial charge in [0.05, 0.1) is 7.11 Å². The maximum atomic E-state index is 12.3. The van der Waals surface area contributed by atoms with Crippen molar-refractivity contribution in [3.8, 4) is 11.5 Å². The maximum absolute atomic E-state index is 12.3. The van der Waals surface area contributed by atoms with E-state index in [2.05, 4.69) is 4.74 Å². The molecule has 0 amide bonds. The topological polar surface area (TPSA) is 44.5 Å². The van der Waals surface area contributed by atoms with Gasteiger partial charge in [-0.05, 0) is 29.8 Å². The normalized spacial score (nSPS) is 10.7. The molecule has 0 aliphatic rings. The molecule has 3 nitrogen and oxygen atoms in total. The molecule has 0 spiro atoms. The molecule has 0 unspecified atom stereocenters. The van der Waals surface area contributed by atoms with Gasteiger partial charge >= 0.3 is 6.61 Å². The van der Waals surface area contributed by atoms with Gasteiger partial charge in [-0.15, -0.1) is 11.8 Å². The minimum Gasteiger partial charge on any atom is -0.493 e. The molecule has 2 N–H and O–H groups in total. The van der Waals surface area contributed by atoms with Gasteiger partial charge in [-0.3, -0.25) is 0 Å². The minimum absolute atomic E-state index is 0.0282. The van der Waals surface area contributed by atoms with Crippen molar-refractivity contribution in [2.24, 2.45) is 0 Å². The number of halogens is 2. The molecule has 112 valence electrons. The van der Waals surface area contributed by atoms with Crippen molar-refractivity contribution in [2.45, 2.75) is 17.3 Å². The summed E-state index contributed by atoms with van der Waals surface area (Å²) in [6, 6.07) is 12.5. The van der Waals surface area contributed by atoms with Crippen molar-refractivity contribution in [1.82, 2.24) is 0 Å². The third kappa shape index (κ3) is 4.26. The molecular formula is C15H15F2NO2S. The maximum Gasteiger partial charge on any atom is 0.387 e. The standard InChI is InChI=1S/C15H15F2NO2S/c1-19-13-8-10(6-7-12(13)20-15(16)17)9-21-14-5-3-2-4-11(14)18/h2-8,15H,9,18H2,1H3. The van der Waals surface area contributed by atoms with Crippen LogP contribution in [0.1, 0.15) is 5.56 Å². The van der Waals surface area contributed by atoms with Crippen LogP contribution in [0.5, 0.6) is 11.5 Å². The van der Waals surface area contributed by atoms with E-state index in [0.717, 1.165) is 10.5 Å². The van der Waals surface area contributed by atoms with Gasteiger partial charge in [0, 0.05) is 16.3 Å². The van der Waals surface area contributed by atoms with Crippen molar-refractivity contribution < 1.29 is 18.3 Å². The minimum atomic E-state index is -2.87.